The van der Waals surface area contributed by atoms with Crippen LogP contribution in [0, 0.1) is 0 Å². The zero-order chi connectivity index (χ0) is 14.5. The fourth-order valence-electron chi connectivity index (χ4n) is 1.43. The van der Waals surface area contributed by atoms with Gasteiger partial charge in [0.25, 0.3) is 0 Å². The lowest BCUT2D eigenvalue weighted by Gasteiger charge is -2.20. The molecular weight excluding hydrogens is 248 g/mol. The molecule has 0 saturated carbocycles. The summed E-state index contributed by atoms with van der Waals surface area (Å²) < 4.78 is 1.26. The van der Waals surface area contributed by atoms with Crippen molar-refractivity contribution < 1.29 is 14.7 Å². The van der Waals surface area contributed by atoms with E-state index < -0.39 is 5.97 Å². The van der Waals surface area contributed by atoms with Gasteiger partial charge in [-0.15, -0.1) is 0 Å². The van der Waals surface area contributed by atoms with Gasteiger partial charge >= 0.3 is 5.97 Å². The largest absolute Gasteiger partial charge is 0.480 e. The molecule has 106 valence electrons. The molecule has 0 radical (unpaired) electrons. The maximum atomic E-state index is 11.6. The molecule has 1 rings (SSSR count). The average molecular weight is 268 g/mol. The number of aliphatic carboxylic acids is 1. The summed E-state index contributed by atoms with van der Waals surface area (Å²) in [6, 6.07) is 0. The Morgan fingerprint density at radius 2 is 2.11 bits per heavy atom. The Balaban J connectivity index is 2.36. The molecule has 7 nitrogen and oxygen atoms in total. The highest BCUT2D eigenvalue weighted by molar-refractivity contribution is 5.90. The number of hydrogen-bond donors (Lipinski definition) is 3. The molecule has 1 heterocycles. The molecule has 0 aliphatic carbocycles. The van der Waals surface area contributed by atoms with Gasteiger partial charge in [-0.1, -0.05) is 0 Å². The lowest BCUT2D eigenvalue weighted by Crippen LogP contribution is -2.37. The van der Waals surface area contributed by atoms with E-state index in [1.165, 1.54) is 17.1 Å². The fourth-order valence-corrected chi connectivity index (χ4v) is 1.43. The van der Waals surface area contributed by atoms with Crippen LogP contribution in [0.25, 0.3) is 0 Å². The van der Waals surface area contributed by atoms with Gasteiger partial charge in [-0.3, -0.25) is 14.3 Å². The summed E-state index contributed by atoms with van der Waals surface area (Å²) >= 11 is 0. The van der Waals surface area contributed by atoms with E-state index in [1.807, 2.05) is 20.8 Å². The zero-order valence-corrected chi connectivity index (χ0v) is 11.4. The maximum absolute atomic E-state index is 11.6. The van der Waals surface area contributed by atoms with Crippen LogP contribution in [0.15, 0.2) is 12.4 Å². The number of anilines is 1. The van der Waals surface area contributed by atoms with Crippen LogP contribution >= 0.6 is 0 Å². The average Bonchev–Trinajstić information content (AvgIpc) is 2.62. The van der Waals surface area contributed by atoms with E-state index in [4.69, 9.17) is 5.11 Å². The van der Waals surface area contributed by atoms with Crippen molar-refractivity contribution in [2.75, 3.05) is 11.9 Å². The molecule has 0 spiro atoms. The SMILES string of the molecule is CC(C)(C)NCCC(=O)Nc1cnn(CC(=O)O)c1. The molecule has 1 aromatic rings. The summed E-state index contributed by atoms with van der Waals surface area (Å²) in [5.74, 6) is -1.11. The van der Waals surface area contributed by atoms with Crippen molar-refractivity contribution in [3.8, 4) is 0 Å². The molecule has 0 saturated heterocycles. The highest BCUT2D eigenvalue weighted by Crippen LogP contribution is 2.05. The number of carboxylic acid groups (broad SMARTS) is 1. The number of nitrogens with zero attached hydrogens (tertiary/aromatic N) is 2. The Bertz CT molecular complexity index is 448. The number of hydrogen-bond acceptors (Lipinski definition) is 4. The Labute approximate surface area is 112 Å². The monoisotopic (exact) mass is 268 g/mol. The third-order valence-electron chi connectivity index (χ3n) is 2.22. The van der Waals surface area contributed by atoms with Crippen LogP contribution in [0.5, 0.6) is 0 Å². The molecule has 0 unspecified atom stereocenters. The van der Waals surface area contributed by atoms with Gasteiger partial charge in [-0.05, 0) is 20.8 Å². The van der Waals surface area contributed by atoms with Gasteiger partial charge in [0.1, 0.15) is 6.54 Å². The lowest BCUT2D eigenvalue weighted by molar-refractivity contribution is -0.137. The van der Waals surface area contributed by atoms with E-state index >= 15 is 0 Å². The minimum Gasteiger partial charge on any atom is -0.480 e. The Kier molecular flexibility index (Phi) is 5.05. The lowest BCUT2D eigenvalue weighted by atomic mass is 10.1. The first-order chi connectivity index (χ1) is 8.76. The number of carbonyl (C=O) groups excluding carboxylic acids is 1. The van der Waals surface area contributed by atoms with Crippen LogP contribution in [-0.4, -0.2) is 38.8 Å². The molecule has 0 aliphatic heterocycles. The molecule has 0 atom stereocenters. The normalized spacial score (nSPS) is 11.3. The van der Waals surface area contributed by atoms with Crippen LogP contribution in [0.3, 0.4) is 0 Å². The number of carbonyl (C=O) groups is 2. The van der Waals surface area contributed by atoms with Gasteiger partial charge in [0, 0.05) is 24.7 Å². The van der Waals surface area contributed by atoms with Crippen LogP contribution in [0.2, 0.25) is 0 Å². The number of carboxylic acids is 1. The topological polar surface area (TPSA) is 96.3 Å². The summed E-state index contributed by atoms with van der Waals surface area (Å²) in [7, 11) is 0. The fraction of sp³-hybridized carbons (Fsp3) is 0.583. The molecular formula is C12H20N4O3. The van der Waals surface area contributed by atoms with Crippen molar-refractivity contribution in [1.82, 2.24) is 15.1 Å². The quantitative estimate of drug-likeness (QED) is 0.705. The molecule has 0 aromatic carbocycles. The van der Waals surface area contributed by atoms with Gasteiger partial charge in [0.05, 0.1) is 11.9 Å². The van der Waals surface area contributed by atoms with Crippen LogP contribution < -0.4 is 10.6 Å². The van der Waals surface area contributed by atoms with Gasteiger partial charge in [-0.25, -0.2) is 0 Å². The third kappa shape index (κ3) is 6.56. The number of rotatable bonds is 6. The molecule has 0 fully saturated rings. The van der Waals surface area contributed by atoms with Crippen LogP contribution in [0.1, 0.15) is 27.2 Å². The highest BCUT2D eigenvalue weighted by atomic mass is 16.4. The summed E-state index contributed by atoms with van der Waals surface area (Å²) in [5.41, 5.74) is 0.481. The summed E-state index contributed by atoms with van der Waals surface area (Å²) in [6.07, 6.45) is 3.27. The number of aromatic nitrogens is 2. The molecule has 19 heavy (non-hydrogen) atoms. The summed E-state index contributed by atoms with van der Waals surface area (Å²) in [4.78, 5) is 22.1. The standard InChI is InChI=1S/C12H20N4O3/c1-12(2,3)13-5-4-10(17)15-9-6-14-16(7-9)8-11(18)19/h6-7,13H,4-5,8H2,1-3H3,(H,15,17)(H,18,19). The second kappa shape index (κ2) is 6.33. The first kappa shape index (κ1) is 15.2. The minimum absolute atomic E-state index is 0.0212. The van der Waals surface area contributed by atoms with Crippen molar-refractivity contribution in [3.05, 3.63) is 12.4 Å². The van der Waals surface area contributed by atoms with E-state index in [0.717, 1.165) is 0 Å². The van der Waals surface area contributed by atoms with Gasteiger partial charge in [-0.2, -0.15) is 5.10 Å². The predicted octanol–water partition coefficient (Wildman–Crippen LogP) is 0.684. The molecule has 3 N–H and O–H groups in total. The highest BCUT2D eigenvalue weighted by Gasteiger charge is 2.10. The van der Waals surface area contributed by atoms with Gasteiger partial charge in [0.2, 0.25) is 5.91 Å². The Morgan fingerprint density at radius 3 is 2.68 bits per heavy atom. The van der Waals surface area contributed by atoms with Crippen LogP contribution in [-0.2, 0) is 16.1 Å². The molecule has 0 aliphatic rings. The minimum atomic E-state index is -0.977. The van der Waals surface area contributed by atoms with Crippen LogP contribution in [0.4, 0.5) is 5.69 Å². The van der Waals surface area contributed by atoms with E-state index in [-0.39, 0.29) is 18.0 Å². The van der Waals surface area contributed by atoms with Crippen molar-refractivity contribution >= 4 is 17.6 Å². The van der Waals surface area contributed by atoms with Gasteiger partial charge < -0.3 is 15.7 Å². The van der Waals surface area contributed by atoms with E-state index in [1.54, 1.807) is 0 Å². The van der Waals surface area contributed by atoms with E-state index in [9.17, 15) is 9.59 Å². The second-order valence-corrected chi connectivity index (χ2v) is 5.30. The van der Waals surface area contributed by atoms with E-state index in [0.29, 0.717) is 18.7 Å². The molecule has 0 bridgehead atoms. The van der Waals surface area contributed by atoms with Crippen molar-refractivity contribution in [3.63, 3.8) is 0 Å². The maximum Gasteiger partial charge on any atom is 0.325 e. The van der Waals surface area contributed by atoms with Gasteiger partial charge in [0.15, 0.2) is 0 Å². The Hall–Kier alpha value is -1.89. The first-order valence-electron chi connectivity index (χ1n) is 6.05. The van der Waals surface area contributed by atoms with Crippen molar-refractivity contribution in [2.24, 2.45) is 0 Å². The summed E-state index contributed by atoms with van der Waals surface area (Å²) in [5, 5.41) is 18.3. The molecule has 1 amide bonds. The van der Waals surface area contributed by atoms with Crippen molar-refractivity contribution in [2.45, 2.75) is 39.3 Å². The first-order valence-corrected chi connectivity index (χ1v) is 6.05. The molecule has 7 heteroatoms. The number of amides is 1. The smallest absolute Gasteiger partial charge is 0.325 e. The zero-order valence-electron chi connectivity index (χ0n) is 11.4. The number of nitrogens with one attached hydrogen (secondary N) is 2. The third-order valence-corrected chi connectivity index (χ3v) is 2.22. The van der Waals surface area contributed by atoms with E-state index in [2.05, 4.69) is 15.7 Å². The second-order valence-electron chi connectivity index (χ2n) is 5.30. The Morgan fingerprint density at radius 1 is 1.42 bits per heavy atom. The summed E-state index contributed by atoms with van der Waals surface area (Å²) in [6.45, 7) is 6.45. The molecule has 1 aromatic heterocycles. The van der Waals surface area contributed by atoms with Crippen molar-refractivity contribution in [1.29, 1.82) is 0 Å². The predicted molar refractivity (Wildman–Crippen MR) is 70.9 cm³/mol.